The van der Waals surface area contributed by atoms with Crippen LogP contribution in [0.5, 0.6) is 0 Å². The van der Waals surface area contributed by atoms with Crippen LogP contribution in [0.15, 0.2) is 0 Å². The second-order valence-corrected chi connectivity index (χ2v) is 5.87. The highest BCUT2D eigenvalue weighted by Gasteiger charge is 2.35. The summed E-state index contributed by atoms with van der Waals surface area (Å²) in [6, 6.07) is 0. The quantitative estimate of drug-likeness (QED) is 0.687. The predicted molar refractivity (Wildman–Crippen MR) is 58.3 cm³/mol. The molecule has 4 heteroatoms. The van der Waals surface area contributed by atoms with Crippen LogP contribution in [0.3, 0.4) is 0 Å². The summed E-state index contributed by atoms with van der Waals surface area (Å²) in [6.07, 6.45) is 0. The summed E-state index contributed by atoms with van der Waals surface area (Å²) >= 11 is 0. The van der Waals surface area contributed by atoms with Crippen LogP contribution < -0.4 is 0 Å². The van der Waals surface area contributed by atoms with Gasteiger partial charge in [0.1, 0.15) is 13.5 Å². The number of rotatable bonds is 2. The molecule has 0 spiro atoms. The van der Waals surface area contributed by atoms with E-state index < -0.39 is 0 Å². The molecule has 0 N–H and O–H groups in total. The molecule has 2 rings (SSSR count). The summed E-state index contributed by atoms with van der Waals surface area (Å²) in [4.78, 5) is 4.65. The number of hydrogen-bond donors (Lipinski definition) is 0. The molecule has 0 atom stereocenters. The van der Waals surface area contributed by atoms with Crippen LogP contribution in [0.4, 0.5) is 0 Å². The second-order valence-electron chi connectivity index (χ2n) is 5.87. The highest BCUT2D eigenvalue weighted by molar-refractivity contribution is 4.82. The topological polar surface area (TPSA) is 24.9 Å². The largest absolute Gasteiger partial charge is 0.359 e. The van der Waals surface area contributed by atoms with Gasteiger partial charge in [-0.05, 0) is 27.7 Å². The third-order valence-electron chi connectivity index (χ3n) is 2.88. The fourth-order valence-corrected chi connectivity index (χ4v) is 2.26. The van der Waals surface area contributed by atoms with E-state index >= 15 is 0 Å². The molecule has 0 unspecified atom stereocenters. The molecular weight excluding hydrogens is 192 g/mol. The molecule has 0 amide bonds. The zero-order valence-corrected chi connectivity index (χ0v) is 10.2. The lowest BCUT2D eigenvalue weighted by Crippen LogP contribution is -2.38. The number of hydrogen-bond acceptors (Lipinski definition) is 4. The van der Waals surface area contributed by atoms with Gasteiger partial charge >= 0.3 is 0 Å². The van der Waals surface area contributed by atoms with Crippen molar-refractivity contribution in [3.05, 3.63) is 0 Å². The van der Waals surface area contributed by atoms with Crippen molar-refractivity contribution >= 4 is 0 Å². The van der Waals surface area contributed by atoms with Gasteiger partial charge in [-0.15, -0.1) is 0 Å². The number of ether oxygens (including phenoxy) is 2. The molecule has 2 aliphatic heterocycles. The Morgan fingerprint density at radius 2 is 1.27 bits per heavy atom. The molecular formula is C11H22N2O2. The maximum Gasteiger partial charge on any atom is 0.101 e. The Balaban J connectivity index is 1.80. The second kappa shape index (κ2) is 3.70. The van der Waals surface area contributed by atoms with E-state index in [4.69, 9.17) is 9.47 Å². The van der Waals surface area contributed by atoms with Crippen LogP contribution >= 0.6 is 0 Å². The summed E-state index contributed by atoms with van der Waals surface area (Å²) in [5, 5.41) is 0. The first-order valence-corrected chi connectivity index (χ1v) is 5.59. The van der Waals surface area contributed by atoms with Gasteiger partial charge in [-0.3, -0.25) is 9.80 Å². The first-order chi connectivity index (χ1) is 6.86. The first-order valence-electron chi connectivity index (χ1n) is 5.59. The normalized spacial score (nSPS) is 31.2. The molecule has 2 heterocycles. The molecule has 88 valence electrons. The van der Waals surface area contributed by atoms with E-state index in [1.54, 1.807) is 0 Å². The van der Waals surface area contributed by atoms with Gasteiger partial charge in [0.15, 0.2) is 0 Å². The fraction of sp³-hybridized carbons (Fsp3) is 1.00. The van der Waals surface area contributed by atoms with Crippen LogP contribution in [0.2, 0.25) is 0 Å². The zero-order chi connectivity index (χ0) is 11.1. The van der Waals surface area contributed by atoms with Gasteiger partial charge in [-0.1, -0.05) is 0 Å². The molecule has 0 aromatic heterocycles. The van der Waals surface area contributed by atoms with Gasteiger partial charge in [0, 0.05) is 13.1 Å². The third-order valence-corrected chi connectivity index (χ3v) is 2.88. The van der Waals surface area contributed by atoms with E-state index in [2.05, 4.69) is 37.5 Å². The Morgan fingerprint density at radius 3 is 1.53 bits per heavy atom. The highest BCUT2D eigenvalue weighted by atomic mass is 16.5. The highest BCUT2D eigenvalue weighted by Crippen LogP contribution is 2.23. The Bertz CT molecular complexity index is 217. The Morgan fingerprint density at radius 1 is 0.867 bits per heavy atom. The van der Waals surface area contributed by atoms with Crippen molar-refractivity contribution < 1.29 is 9.47 Å². The van der Waals surface area contributed by atoms with Crippen LogP contribution in [0, 0.1) is 0 Å². The smallest absolute Gasteiger partial charge is 0.101 e. The lowest BCUT2D eigenvalue weighted by Gasteiger charge is -2.22. The van der Waals surface area contributed by atoms with E-state index in [0.717, 1.165) is 33.2 Å². The minimum Gasteiger partial charge on any atom is -0.359 e. The lowest BCUT2D eigenvalue weighted by molar-refractivity contribution is 0.0153. The standard InChI is InChI=1S/C11H22N2O2/c1-10(2)5-12(8-14-10)7-13-6-11(3,4)15-9-13/h5-9H2,1-4H3. The average molecular weight is 214 g/mol. The molecule has 15 heavy (non-hydrogen) atoms. The van der Waals surface area contributed by atoms with Crippen molar-refractivity contribution in [1.82, 2.24) is 9.80 Å². The van der Waals surface area contributed by atoms with Crippen molar-refractivity contribution in [2.75, 3.05) is 33.2 Å². The Hall–Kier alpha value is -0.160. The van der Waals surface area contributed by atoms with Gasteiger partial charge in [0.25, 0.3) is 0 Å². The molecule has 2 aliphatic rings. The SMILES string of the molecule is CC1(C)CN(CN2COC(C)(C)C2)CO1. The van der Waals surface area contributed by atoms with E-state index in [-0.39, 0.29) is 11.2 Å². The van der Waals surface area contributed by atoms with E-state index in [0.29, 0.717) is 0 Å². The summed E-state index contributed by atoms with van der Waals surface area (Å²) in [5.74, 6) is 0. The van der Waals surface area contributed by atoms with E-state index in [1.807, 2.05) is 0 Å². The minimum atomic E-state index is 0.0100. The van der Waals surface area contributed by atoms with E-state index in [1.165, 1.54) is 0 Å². The van der Waals surface area contributed by atoms with Crippen molar-refractivity contribution in [2.24, 2.45) is 0 Å². The Kier molecular flexibility index (Phi) is 2.79. The molecule has 4 nitrogen and oxygen atoms in total. The van der Waals surface area contributed by atoms with Crippen LogP contribution in [0.1, 0.15) is 27.7 Å². The molecule has 0 bridgehead atoms. The van der Waals surface area contributed by atoms with Crippen LogP contribution in [0.25, 0.3) is 0 Å². The van der Waals surface area contributed by atoms with Crippen LogP contribution in [-0.2, 0) is 9.47 Å². The summed E-state index contributed by atoms with van der Waals surface area (Å²) in [7, 11) is 0. The fourth-order valence-electron chi connectivity index (χ4n) is 2.26. The van der Waals surface area contributed by atoms with Gasteiger partial charge in [0.05, 0.1) is 17.9 Å². The van der Waals surface area contributed by atoms with Gasteiger partial charge < -0.3 is 9.47 Å². The molecule has 0 aromatic rings. The van der Waals surface area contributed by atoms with Gasteiger partial charge in [-0.25, -0.2) is 0 Å². The monoisotopic (exact) mass is 214 g/mol. The minimum absolute atomic E-state index is 0.0100. The number of nitrogens with zero attached hydrogens (tertiary/aromatic N) is 2. The maximum absolute atomic E-state index is 5.67. The average Bonchev–Trinajstić information content (AvgIpc) is 2.56. The van der Waals surface area contributed by atoms with Crippen LogP contribution in [-0.4, -0.2) is 54.2 Å². The molecule has 0 saturated carbocycles. The van der Waals surface area contributed by atoms with Crippen molar-refractivity contribution in [1.29, 1.82) is 0 Å². The molecule has 2 fully saturated rings. The predicted octanol–water partition coefficient (Wildman–Crippen LogP) is 1.08. The molecule has 2 saturated heterocycles. The summed E-state index contributed by atoms with van der Waals surface area (Å²) < 4.78 is 11.3. The molecule has 0 aromatic carbocycles. The zero-order valence-electron chi connectivity index (χ0n) is 10.2. The summed E-state index contributed by atoms with van der Waals surface area (Å²) in [5.41, 5.74) is 0.0200. The first kappa shape index (κ1) is 11.3. The van der Waals surface area contributed by atoms with Crippen molar-refractivity contribution in [3.63, 3.8) is 0 Å². The maximum atomic E-state index is 5.67. The lowest BCUT2D eigenvalue weighted by atomic mass is 10.1. The molecule has 0 radical (unpaired) electrons. The van der Waals surface area contributed by atoms with Crippen molar-refractivity contribution in [2.45, 2.75) is 38.9 Å². The van der Waals surface area contributed by atoms with E-state index in [9.17, 15) is 0 Å². The van der Waals surface area contributed by atoms with Gasteiger partial charge in [-0.2, -0.15) is 0 Å². The summed E-state index contributed by atoms with van der Waals surface area (Å²) in [6.45, 7) is 13.0. The third kappa shape index (κ3) is 2.91. The van der Waals surface area contributed by atoms with Crippen molar-refractivity contribution in [3.8, 4) is 0 Å². The molecule has 0 aliphatic carbocycles. The Labute approximate surface area is 92.1 Å². The van der Waals surface area contributed by atoms with Gasteiger partial charge in [0.2, 0.25) is 0 Å².